The number of carbonyl (C=O) groups is 2. The minimum absolute atomic E-state index is 0.0978. The topological polar surface area (TPSA) is 104 Å². The van der Waals surface area contributed by atoms with Gasteiger partial charge in [0.1, 0.15) is 5.75 Å². The average molecular weight is 442 g/mol. The first-order valence-electron chi connectivity index (χ1n) is 9.77. The lowest BCUT2D eigenvalue weighted by Crippen LogP contribution is -2.14. The zero-order valence-electron chi connectivity index (χ0n) is 17.3. The Morgan fingerprint density at radius 2 is 1.94 bits per heavy atom. The van der Waals surface area contributed by atoms with Crippen LogP contribution in [0.4, 0.5) is 5.69 Å². The number of carbonyl (C=O) groups excluding carboxylic acids is 2. The number of rotatable bonds is 10. The molecule has 1 N–H and O–H groups in total. The van der Waals surface area contributed by atoms with Gasteiger partial charge in [-0.3, -0.25) is 4.79 Å². The summed E-state index contributed by atoms with van der Waals surface area (Å²) >= 11 is 1.13. The molecule has 0 unspecified atom stereocenters. The third kappa shape index (κ3) is 6.58. The van der Waals surface area contributed by atoms with E-state index in [1.54, 1.807) is 37.4 Å². The van der Waals surface area contributed by atoms with E-state index in [-0.39, 0.29) is 22.9 Å². The van der Waals surface area contributed by atoms with Gasteiger partial charge in [-0.15, -0.1) is 10.2 Å². The molecule has 0 atom stereocenters. The number of thioether (sulfide) groups is 1. The fraction of sp³-hybridized carbons (Fsp3) is 0.273. The number of anilines is 1. The predicted octanol–water partition coefficient (Wildman–Crippen LogP) is 4.43. The van der Waals surface area contributed by atoms with Gasteiger partial charge >= 0.3 is 5.97 Å². The Bertz CT molecular complexity index is 1020. The maximum absolute atomic E-state index is 12.2. The fourth-order valence-electron chi connectivity index (χ4n) is 2.55. The Morgan fingerprint density at radius 1 is 1.13 bits per heavy atom. The number of nitrogens with zero attached hydrogens (tertiary/aromatic N) is 2. The summed E-state index contributed by atoms with van der Waals surface area (Å²) in [5.74, 6) is 0.530. The quantitative estimate of drug-likeness (QED) is 0.280. The van der Waals surface area contributed by atoms with Gasteiger partial charge in [0.2, 0.25) is 11.8 Å². The highest BCUT2D eigenvalue weighted by atomic mass is 32.2. The molecule has 31 heavy (non-hydrogen) atoms. The molecule has 1 aromatic heterocycles. The molecule has 0 radical (unpaired) electrons. The van der Waals surface area contributed by atoms with Crippen LogP contribution < -0.4 is 10.1 Å². The molecule has 0 aliphatic carbocycles. The second-order valence-electron chi connectivity index (χ2n) is 6.51. The Kier molecular flexibility index (Phi) is 8.05. The number of ether oxygens (including phenoxy) is 2. The molecule has 0 bridgehead atoms. The van der Waals surface area contributed by atoms with Gasteiger partial charge in [0.25, 0.3) is 5.22 Å². The molecule has 1 amide bonds. The Labute approximate surface area is 184 Å². The predicted molar refractivity (Wildman–Crippen MR) is 117 cm³/mol. The summed E-state index contributed by atoms with van der Waals surface area (Å²) in [6.07, 6.45) is 1.79. The van der Waals surface area contributed by atoms with Crippen LogP contribution in [0.5, 0.6) is 5.75 Å². The van der Waals surface area contributed by atoms with Crippen LogP contribution >= 0.6 is 11.8 Å². The summed E-state index contributed by atoms with van der Waals surface area (Å²) in [7, 11) is 1.58. The average Bonchev–Trinajstić information content (AvgIpc) is 3.27. The van der Waals surface area contributed by atoms with Crippen molar-refractivity contribution in [2.75, 3.05) is 24.8 Å². The van der Waals surface area contributed by atoms with Crippen molar-refractivity contribution in [1.82, 2.24) is 10.2 Å². The van der Waals surface area contributed by atoms with E-state index in [2.05, 4.69) is 15.5 Å². The molecule has 9 heteroatoms. The van der Waals surface area contributed by atoms with Gasteiger partial charge in [0.15, 0.2) is 0 Å². The number of amides is 1. The van der Waals surface area contributed by atoms with Crippen LogP contribution in [-0.2, 0) is 9.53 Å². The Balaban J connectivity index is 1.49. The minimum Gasteiger partial charge on any atom is -0.497 e. The molecule has 3 aromatic rings. The monoisotopic (exact) mass is 441 g/mol. The molecular weight excluding hydrogens is 418 g/mol. The van der Waals surface area contributed by atoms with Crippen molar-refractivity contribution in [3.05, 3.63) is 54.1 Å². The first-order valence-corrected chi connectivity index (χ1v) is 10.8. The molecule has 8 nitrogen and oxygen atoms in total. The minimum atomic E-state index is -0.370. The number of esters is 1. The van der Waals surface area contributed by atoms with Crippen LogP contribution in [0, 0.1) is 0 Å². The Morgan fingerprint density at radius 3 is 2.68 bits per heavy atom. The van der Waals surface area contributed by atoms with Crippen LogP contribution in [-0.4, -0.2) is 41.5 Å². The van der Waals surface area contributed by atoms with Gasteiger partial charge in [-0.25, -0.2) is 4.79 Å². The number of hydrogen-bond donors (Lipinski definition) is 1. The van der Waals surface area contributed by atoms with Crippen LogP contribution in [0.1, 0.15) is 30.1 Å². The molecule has 162 valence electrons. The summed E-state index contributed by atoms with van der Waals surface area (Å²) in [6, 6.07) is 13.8. The normalized spacial score (nSPS) is 10.5. The zero-order valence-corrected chi connectivity index (χ0v) is 18.1. The summed E-state index contributed by atoms with van der Waals surface area (Å²) in [6.45, 7) is 2.43. The van der Waals surface area contributed by atoms with Crippen molar-refractivity contribution in [3.8, 4) is 17.2 Å². The lowest BCUT2D eigenvalue weighted by Gasteiger charge is -2.06. The van der Waals surface area contributed by atoms with E-state index < -0.39 is 0 Å². The summed E-state index contributed by atoms with van der Waals surface area (Å²) < 4.78 is 16.0. The van der Waals surface area contributed by atoms with Gasteiger partial charge in [-0.05, 0) is 48.9 Å². The van der Waals surface area contributed by atoms with Crippen LogP contribution in [0.3, 0.4) is 0 Å². The standard InChI is InChI=1S/C22H23N3O5S/c1-3-4-12-29-21(27)15-8-10-17(11-9-15)23-19(26)14-31-22-25-24-20(30-22)16-6-5-7-18(13-16)28-2/h5-11,13H,3-4,12,14H2,1-2H3,(H,23,26). The van der Waals surface area contributed by atoms with E-state index in [1.165, 1.54) is 0 Å². The number of unbranched alkanes of at least 4 members (excludes halogenated alkanes) is 1. The third-order valence-electron chi connectivity index (χ3n) is 4.19. The van der Waals surface area contributed by atoms with Crippen molar-refractivity contribution in [3.63, 3.8) is 0 Å². The van der Waals surface area contributed by atoms with Crippen molar-refractivity contribution in [2.24, 2.45) is 0 Å². The lowest BCUT2D eigenvalue weighted by molar-refractivity contribution is -0.113. The maximum atomic E-state index is 12.2. The summed E-state index contributed by atoms with van der Waals surface area (Å²) in [4.78, 5) is 24.1. The first-order chi connectivity index (χ1) is 15.1. The van der Waals surface area contributed by atoms with E-state index in [9.17, 15) is 9.59 Å². The van der Waals surface area contributed by atoms with Gasteiger partial charge in [-0.2, -0.15) is 0 Å². The largest absolute Gasteiger partial charge is 0.497 e. The second kappa shape index (κ2) is 11.2. The molecule has 0 saturated carbocycles. The van der Waals surface area contributed by atoms with Crippen molar-refractivity contribution in [1.29, 1.82) is 0 Å². The summed E-state index contributed by atoms with van der Waals surface area (Å²) in [5, 5.41) is 11.0. The second-order valence-corrected chi connectivity index (χ2v) is 7.44. The number of nitrogens with one attached hydrogen (secondary N) is 1. The van der Waals surface area contributed by atoms with Crippen LogP contribution in [0.2, 0.25) is 0 Å². The van der Waals surface area contributed by atoms with Crippen LogP contribution in [0.15, 0.2) is 58.2 Å². The molecule has 0 aliphatic heterocycles. The molecule has 0 fully saturated rings. The third-order valence-corrected chi connectivity index (χ3v) is 5.00. The first kappa shape index (κ1) is 22.4. The molecule has 1 heterocycles. The molecule has 0 saturated heterocycles. The number of benzene rings is 2. The highest BCUT2D eigenvalue weighted by Crippen LogP contribution is 2.26. The maximum Gasteiger partial charge on any atom is 0.338 e. The van der Waals surface area contributed by atoms with E-state index >= 15 is 0 Å². The molecule has 3 rings (SSSR count). The van der Waals surface area contributed by atoms with Crippen molar-refractivity contribution >= 4 is 29.3 Å². The lowest BCUT2D eigenvalue weighted by atomic mass is 10.2. The fourth-order valence-corrected chi connectivity index (χ4v) is 3.11. The smallest absolute Gasteiger partial charge is 0.338 e. The van der Waals surface area contributed by atoms with E-state index in [0.29, 0.717) is 29.5 Å². The van der Waals surface area contributed by atoms with Gasteiger partial charge < -0.3 is 19.2 Å². The van der Waals surface area contributed by atoms with Gasteiger partial charge in [0.05, 0.1) is 25.0 Å². The SMILES string of the molecule is CCCCOC(=O)c1ccc(NC(=O)CSc2nnc(-c3cccc(OC)c3)o2)cc1. The number of aromatic nitrogens is 2. The molecular formula is C22H23N3O5S. The number of hydrogen-bond acceptors (Lipinski definition) is 8. The molecule has 2 aromatic carbocycles. The number of methoxy groups -OCH3 is 1. The van der Waals surface area contributed by atoms with Crippen LogP contribution in [0.25, 0.3) is 11.5 Å². The highest BCUT2D eigenvalue weighted by Gasteiger charge is 2.13. The van der Waals surface area contributed by atoms with Crippen molar-refractivity contribution < 1.29 is 23.5 Å². The van der Waals surface area contributed by atoms with Crippen molar-refractivity contribution in [2.45, 2.75) is 25.0 Å². The zero-order chi connectivity index (χ0) is 22.1. The molecule has 0 aliphatic rings. The van der Waals surface area contributed by atoms with E-state index in [1.807, 2.05) is 25.1 Å². The summed E-state index contributed by atoms with van der Waals surface area (Å²) in [5.41, 5.74) is 1.76. The van der Waals surface area contributed by atoms with Gasteiger partial charge in [-0.1, -0.05) is 31.2 Å². The van der Waals surface area contributed by atoms with E-state index in [0.717, 1.165) is 30.2 Å². The van der Waals surface area contributed by atoms with E-state index in [4.69, 9.17) is 13.9 Å². The van der Waals surface area contributed by atoms with Gasteiger partial charge in [0, 0.05) is 11.3 Å². The molecule has 0 spiro atoms. The highest BCUT2D eigenvalue weighted by molar-refractivity contribution is 7.99. The Hall–Kier alpha value is -3.33.